The predicted octanol–water partition coefficient (Wildman–Crippen LogP) is 3.27. The van der Waals surface area contributed by atoms with Gasteiger partial charge in [-0.25, -0.2) is 0 Å². The van der Waals surface area contributed by atoms with Crippen molar-refractivity contribution in [2.75, 3.05) is 0 Å². The zero-order chi connectivity index (χ0) is 11.0. The summed E-state index contributed by atoms with van der Waals surface area (Å²) in [4.78, 5) is 4.67. The van der Waals surface area contributed by atoms with Crippen molar-refractivity contribution >= 4 is 24.3 Å². The molecule has 3 rings (SSSR count). The Morgan fingerprint density at radius 1 is 0.938 bits per heavy atom. The Balaban J connectivity index is 2.31. The van der Waals surface area contributed by atoms with Crippen LogP contribution in [-0.2, 0) is 0 Å². The molecule has 3 aromatic rings. The topological polar surface area (TPSA) is 12.9 Å². The molecule has 1 heterocycles. The van der Waals surface area contributed by atoms with Crippen molar-refractivity contribution in [1.29, 1.82) is 0 Å². The summed E-state index contributed by atoms with van der Waals surface area (Å²) >= 11 is 0.431. The van der Waals surface area contributed by atoms with Gasteiger partial charge in [0, 0.05) is 0 Å². The first-order valence-electron chi connectivity index (χ1n) is 5.26. The number of benzene rings is 2. The van der Waals surface area contributed by atoms with E-state index < -0.39 is 0 Å². The van der Waals surface area contributed by atoms with E-state index in [-0.39, 0.29) is 0 Å². The SMILES string of the molecule is Cc1nc2c(-c3ccccc3)cccc2[se]1. The van der Waals surface area contributed by atoms with E-state index in [0.29, 0.717) is 14.5 Å². The fourth-order valence-electron chi connectivity index (χ4n) is 1.91. The number of fused-ring (bicyclic) bond motifs is 1. The van der Waals surface area contributed by atoms with Crippen molar-refractivity contribution in [1.82, 2.24) is 4.98 Å². The molecule has 0 aliphatic heterocycles. The van der Waals surface area contributed by atoms with Gasteiger partial charge in [-0.15, -0.1) is 0 Å². The van der Waals surface area contributed by atoms with Gasteiger partial charge in [0.25, 0.3) is 0 Å². The maximum absolute atomic E-state index is 4.67. The van der Waals surface area contributed by atoms with E-state index in [2.05, 4.69) is 54.4 Å². The Hall–Kier alpha value is -1.37. The summed E-state index contributed by atoms with van der Waals surface area (Å²) in [7, 11) is 0. The van der Waals surface area contributed by atoms with Gasteiger partial charge in [-0.1, -0.05) is 0 Å². The third-order valence-corrected chi connectivity index (χ3v) is 4.57. The first kappa shape index (κ1) is 9.83. The van der Waals surface area contributed by atoms with Gasteiger partial charge in [-0.2, -0.15) is 0 Å². The van der Waals surface area contributed by atoms with Gasteiger partial charge in [-0.3, -0.25) is 0 Å². The number of hydrogen-bond acceptors (Lipinski definition) is 1. The van der Waals surface area contributed by atoms with Crippen molar-refractivity contribution < 1.29 is 0 Å². The number of aromatic nitrogens is 1. The van der Waals surface area contributed by atoms with E-state index in [0.717, 1.165) is 0 Å². The van der Waals surface area contributed by atoms with Gasteiger partial charge in [0.15, 0.2) is 0 Å². The van der Waals surface area contributed by atoms with Crippen molar-refractivity contribution in [2.45, 2.75) is 6.92 Å². The molecular formula is C14H11NSe. The molecule has 0 atom stereocenters. The second-order valence-electron chi connectivity index (χ2n) is 3.75. The zero-order valence-electron chi connectivity index (χ0n) is 8.97. The molecule has 0 radical (unpaired) electrons. The van der Waals surface area contributed by atoms with Gasteiger partial charge in [0.05, 0.1) is 0 Å². The molecule has 1 nitrogen and oxygen atoms in total. The third-order valence-electron chi connectivity index (χ3n) is 2.61. The van der Waals surface area contributed by atoms with E-state index in [1.54, 1.807) is 0 Å². The van der Waals surface area contributed by atoms with Gasteiger partial charge < -0.3 is 0 Å². The van der Waals surface area contributed by atoms with Crippen molar-refractivity contribution in [3.63, 3.8) is 0 Å². The van der Waals surface area contributed by atoms with Crippen LogP contribution in [0.3, 0.4) is 0 Å². The van der Waals surface area contributed by atoms with Crippen LogP contribution in [0.5, 0.6) is 0 Å². The summed E-state index contributed by atoms with van der Waals surface area (Å²) in [6.45, 7) is 2.12. The normalized spacial score (nSPS) is 10.8. The Morgan fingerprint density at radius 2 is 1.75 bits per heavy atom. The number of hydrogen-bond donors (Lipinski definition) is 0. The second-order valence-corrected chi connectivity index (χ2v) is 6.34. The molecule has 0 saturated carbocycles. The quantitative estimate of drug-likeness (QED) is 0.620. The molecular weight excluding hydrogens is 261 g/mol. The number of nitrogens with zero attached hydrogens (tertiary/aromatic N) is 1. The van der Waals surface area contributed by atoms with Crippen molar-refractivity contribution in [2.24, 2.45) is 0 Å². The summed E-state index contributed by atoms with van der Waals surface area (Å²) in [5.41, 5.74) is 3.71. The van der Waals surface area contributed by atoms with Crippen LogP contribution in [0.25, 0.3) is 20.9 Å². The van der Waals surface area contributed by atoms with Gasteiger partial charge in [0.2, 0.25) is 0 Å². The number of para-hydroxylation sites is 1. The Bertz CT molecular complexity index is 626. The van der Waals surface area contributed by atoms with Crippen molar-refractivity contribution in [3.05, 3.63) is 53.1 Å². The Labute approximate surface area is 101 Å². The van der Waals surface area contributed by atoms with Gasteiger partial charge >= 0.3 is 100 Å². The summed E-state index contributed by atoms with van der Waals surface area (Å²) < 4.78 is 2.68. The van der Waals surface area contributed by atoms with Crippen molar-refractivity contribution in [3.8, 4) is 11.1 Å². The summed E-state index contributed by atoms with van der Waals surface area (Å²) in [5.74, 6) is 0. The minimum absolute atomic E-state index is 0.431. The molecule has 0 aliphatic rings. The van der Waals surface area contributed by atoms with Gasteiger partial charge in [0.1, 0.15) is 0 Å². The number of aryl methyl sites for hydroxylation is 1. The summed E-state index contributed by atoms with van der Waals surface area (Å²) in [5, 5.41) is 0. The standard InChI is InChI=1S/C14H11NSe/c1-10-15-14-12(8-5-9-13(14)16-10)11-6-3-2-4-7-11/h2-9H,1H3. The minimum atomic E-state index is 0.431. The van der Waals surface area contributed by atoms with E-state index in [1.165, 1.54) is 25.5 Å². The zero-order valence-corrected chi connectivity index (χ0v) is 10.7. The molecule has 2 aromatic carbocycles. The first-order valence-corrected chi connectivity index (χ1v) is 6.97. The van der Waals surface area contributed by atoms with Crippen LogP contribution in [0.1, 0.15) is 4.57 Å². The molecule has 78 valence electrons. The molecule has 0 aliphatic carbocycles. The second kappa shape index (κ2) is 3.89. The molecule has 0 bridgehead atoms. The van der Waals surface area contributed by atoms with Crippen LogP contribution in [0.4, 0.5) is 0 Å². The molecule has 1 aromatic heterocycles. The number of rotatable bonds is 1. The average molecular weight is 272 g/mol. The molecule has 0 saturated heterocycles. The van der Waals surface area contributed by atoms with E-state index in [4.69, 9.17) is 0 Å². The Kier molecular flexibility index (Phi) is 2.39. The van der Waals surface area contributed by atoms with E-state index >= 15 is 0 Å². The van der Waals surface area contributed by atoms with E-state index in [9.17, 15) is 0 Å². The molecule has 0 spiro atoms. The van der Waals surface area contributed by atoms with Crippen LogP contribution in [0.15, 0.2) is 48.5 Å². The average Bonchev–Trinajstić information content (AvgIpc) is 2.70. The molecule has 2 heteroatoms. The summed E-state index contributed by atoms with van der Waals surface area (Å²) in [6, 6.07) is 17.0. The van der Waals surface area contributed by atoms with Crippen LogP contribution < -0.4 is 0 Å². The van der Waals surface area contributed by atoms with Crippen LogP contribution in [0.2, 0.25) is 0 Å². The molecule has 0 unspecified atom stereocenters. The molecule has 0 N–H and O–H groups in total. The summed E-state index contributed by atoms with van der Waals surface area (Å²) in [6.07, 6.45) is 0. The third kappa shape index (κ3) is 1.60. The molecule has 16 heavy (non-hydrogen) atoms. The maximum atomic E-state index is 4.67. The van der Waals surface area contributed by atoms with E-state index in [1.807, 2.05) is 6.07 Å². The fraction of sp³-hybridized carbons (Fsp3) is 0.0714. The first-order chi connectivity index (χ1) is 7.84. The fourth-order valence-corrected chi connectivity index (χ4v) is 3.70. The van der Waals surface area contributed by atoms with Gasteiger partial charge in [-0.05, 0) is 0 Å². The van der Waals surface area contributed by atoms with Crippen LogP contribution in [0, 0.1) is 6.92 Å². The van der Waals surface area contributed by atoms with Crippen LogP contribution in [-0.4, -0.2) is 19.5 Å². The predicted molar refractivity (Wildman–Crippen MR) is 68.9 cm³/mol. The monoisotopic (exact) mass is 273 g/mol. The molecule has 0 amide bonds. The molecule has 0 fully saturated rings. The Morgan fingerprint density at radius 3 is 2.56 bits per heavy atom. The van der Waals surface area contributed by atoms with Crippen LogP contribution >= 0.6 is 0 Å².